The van der Waals surface area contributed by atoms with Gasteiger partial charge in [0, 0.05) is 11.1 Å². The van der Waals surface area contributed by atoms with Gasteiger partial charge in [-0.25, -0.2) is 0 Å². The lowest BCUT2D eigenvalue weighted by atomic mass is 10.0. The van der Waals surface area contributed by atoms with Crippen LogP contribution in [0.3, 0.4) is 0 Å². The van der Waals surface area contributed by atoms with Gasteiger partial charge in [0.05, 0.1) is 14.2 Å². The lowest BCUT2D eigenvalue weighted by Crippen LogP contribution is -1.97. The van der Waals surface area contributed by atoms with Gasteiger partial charge in [0.2, 0.25) is 0 Å². The Morgan fingerprint density at radius 1 is 1.21 bits per heavy atom. The van der Waals surface area contributed by atoms with Crippen molar-refractivity contribution in [3.63, 3.8) is 0 Å². The zero-order valence-corrected chi connectivity index (χ0v) is 9.18. The highest BCUT2D eigenvalue weighted by Crippen LogP contribution is 2.33. The van der Waals surface area contributed by atoms with Gasteiger partial charge in [-0.1, -0.05) is 12.7 Å². The molecule has 0 aromatic heterocycles. The lowest BCUT2D eigenvalue weighted by molar-refractivity contribution is 0.397. The first-order chi connectivity index (χ1) is 6.65. The van der Waals surface area contributed by atoms with E-state index in [1.807, 2.05) is 19.9 Å². The van der Waals surface area contributed by atoms with Crippen LogP contribution >= 0.6 is 0 Å². The fraction of sp³-hybridized carbons (Fsp3) is 0.333. The average molecular weight is 192 g/mol. The number of aryl methyl sites for hydroxylation is 1. The predicted molar refractivity (Wildman–Crippen MR) is 59.1 cm³/mol. The number of benzene rings is 1. The third kappa shape index (κ3) is 1.60. The Morgan fingerprint density at radius 2 is 1.86 bits per heavy atom. The van der Waals surface area contributed by atoms with Gasteiger partial charge in [-0.2, -0.15) is 0 Å². The van der Waals surface area contributed by atoms with Crippen LogP contribution in [0, 0.1) is 13.8 Å². The zero-order valence-electron chi connectivity index (χ0n) is 9.18. The minimum absolute atomic E-state index is 0.873. The van der Waals surface area contributed by atoms with Crippen LogP contribution in [-0.4, -0.2) is 14.2 Å². The predicted octanol–water partition coefficient (Wildman–Crippen LogP) is 2.96. The molecule has 1 aromatic carbocycles. The van der Waals surface area contributed by atoms with E-state index < -0.39 is 0 Å². The molecule has 0 aliphatic carbocycles. The minimum Gasteiger partial charge on any atom is -0.496 e. The Hall–Kier alpha value is -1.44. The Kier molecular flexibility index (Phi) is 3.18. The standard InChI is InChI=1S/C12H16O2/c1-6-10-9(3)11(13-4)7-8(2)12(10)14-5/h6-7H,1H2,2-5H3. The van der Waals surface area contributed by atoms with Gasteiger partial charge in [-0.05, 0) is 25.5 Å². The molecular formula is C12H16O2. The highest BCUT2D eigenvalue weighted by atomic mass is 16.5. The van der Waals surface area contributed by atoms with Crippen molar-refractivity contribution < 1.29 is 9.47 Å². The van der Waals surface area contributed by atoms with Crippen molar-refractivity contribution in [1.29, 1.82) is 0 Å². The van der Waals surface area contributed by atoms with Crippen LogP contribution in [0.1, 0.15) is 16.7 Å². The summed E-state index contributed by atoms with van der Waals surface area (Å²) < 4.78 is 10.6. The average Bonchev–Trinajstić information content (AvgIpc) is 2.20. The van der Waals surface area contributed by atoms with E-state index in [-0.39, 0.29) is 0 Å². The van der Waals surface area contributed by atoms with Gasteiger partial charge < -0.3 is 9.47 Å². The molecule has 0 heterocycles. The van der Waals surface area contributed by atoms with E-state index in [9.17, 15) is 0 Å². The summed E-state index contributed by atoms with van der Waals surface area (Å²) in [5, 5.41) is 0. The second-order valence-corrected chi connectivity index (χ2v) is 3.17. The van der Waals surface area contributed by atoms with E-state index in [1.165, 1.54) is 0 Å². The van der Waals surface area contributed by atoms with Crippen LogP contribution in [0.5, 0.6) is 11.5 Å². The minimum atomic E-state index is 0.873. The number of methoxy groups -OCH3 is 2. The molecule has 0 saturated heterocycles. The van der Waals surface area contributed by atoms with Crippen LogP contribution < -0.4 is 9.47 Å². The molecule has 0 amide bonds. The number of hydrogen-bond donors (Lipinski definition) is 0. The third-order valence-corrected chi connectivity index (χ3v) is 2.35. The van der Waals surface area contributed by atoms with Crippen molar-refractivity contribution in [1.82, 2.24) is 0 Å². The van der Waals surface area contributed by atoms with Gasteiger partial charge >= 0.3 is 0 Å². The molecule has 0 fully saturated rings. The molecular weight excluding hydrogens is 176 g/mol. The molecule has 0 atom stereocenters. The van der Waals surface area contributed by atoms with Gasteiger partial charge in [0.25, 0.3) is 0 Å². The Labute approximate surface area is 85.2 Å². The highest BCUT2D eigenvalue weighted by molar-refractivity contribution is 5.65. The van der Waals surface area contributed by atoms with Crippen molar-refractivity contribution in [2.75, 3.05) is 14.2 Å². The Balaban J connectivity index is 3.47. The molecule has 2 heteroatoms. The van der Waals surface area contributed by atoms with Gasteiger partial charge in [-0.15, -0.1) is 0 Å². The summed E-state index contributed by atoms with van der Waals surface area (Å²) in [6.07, 6.45) is 1.80. The summed E-state index contributed by atoms with van der Waals surface area (Å²) in [6, 6.07) is 1.97. The van der Waals surface area contributed by atoms with Crippen LogP contribution in [0.15, 0.2) is 12.6 Å². The van der Waals surface area contributed by atoms with E-state index in [4.69, 9.17) is 9.47 Å². The molecule has 1 aromatic rings. The summed E-state index contributed by atoms with van der Waals surface area (Å²) in [4.78, 5) is 0. The van der Waals surface area contributed by atoms with Crippen LogP contribution in [-0.2, 0) is 0 Å². The van der Waals surface area contributed by atoms with Gasteiger partial charge in [0.1, 0.15) is 11.5 Å². The van der Waals surface area contributed by atoms with E-state index in [0.29, 0.717) is 0 Å². The topological polar surface area (TPSA) is 18.5 Å². The van der Waals surface area contributed by atoms with Crippen molar-refractivity contribution in [3.05, 3.63) is 29.3 Å². The first-order valence-corrected chi connectivity index (χ1v) is 4.50. The van der Waals surface area contributed by atoms with Crippen LogP contribution in [0.25, 0.3) is 6.08 Å². The smallest absolute Gasteiger partial charge is 0.129 e. The molecule has 14 heavy (non-hydrogen) atoms. The number of ether oxygens (including phenoxy) is 2. The lowest BCUT2D eigenvalue weighted by Gasteiger charge is -2.14. The van der Waals surface area contributed by atoms with E-state index in [2.05, 4.69) is 6.58 Å². The Morgan fingerprint density at radius 3 is 2.29 bits per heavy atom. The first-order valence-electron chi connectivity index (χ1n) is 4.50. The molecule has 0 radical (unpaired) electrons. The number of hydrogen-bond acceptors (Lipinski definition) is 2. The maximum absolute atomic E-state index is 5.32. The maximum Gasteiger partial charge on any atom is 0.129 e. The van der Waals surface area contributed by atoms with Crippen LogP contribution in [0.4, 0.5) is 0 Å². The zero-order chi connectivity index (χ0) is 10.7. The number of rotatable bonds is 3. The molecule has 0 saturated carbocycles. The molecule has 0 unspecified atom stereocenters. The highest BCUT2D eigenvalue weighted by Gasteiger charge is 2.11. The van der Waals surface area contributed by atoms with Crippen molar-refractivity contribution in [2.24, 2.45) is 0 Å². The molecule has 2 nitrogen and oxygen atoms in total. The second kappa shape index (κ2) is 4.18. The summed E-state index contributed by atoms with van der Waals surface area (Å²) >= 11 is 0. The van der Waals surface area contributed by atoms with Crippen molar-refractivity contribution in [3.8, 4) is 11.5 Å². The summed E-state index contributed by atoms with van der Waals surface area (Å²) in [7, 11) is 3.34. The fourth-order valence-electron chi connectivity index (χ4n) is 1.61. The van der Waals surface area contributed by atoms with E-state index in [1.54, 1.807) is 20.3 Å². The van der Waals surface area contributed by atoms with E-state index in [0.717, 1.165) is 28.2 Å². The summed E-state index contributed by atoms with van der Waals surface area (Å²) in [5.41, 5.74) is 3.12. The van der Waals surface area contributed by atoms with Gasteiger partial charge in [0.15, 0.2) is 0 Å². The van der Waals surface area contributed by atoms with Crippen molar-refractivity contribution in [2.45, 2.75) is 13.8 Å². The molecule has 0 bridgehead atoms. The molecule has 1 rings (SSSR count). The fourth-order valence-corrected chi connectivity index (χ4v) is 1.61. The summed E-state index contributed by atoms with van der Waals surface area (Å²) in [6.45, 7) is 7.77. The van der Waals surface area contributed by atoms with E-state index >= 15 is 0 Å². The van der Waals surface area contributed by atoms with Crippen LogP contribution in [0.2, 0.25) is 0 Å². The second-order valence-electron chi connectivity index (χ2n) is 3.17. The molecule has 0 spiro atoms. The Bertz CT molecular complexity index is 354. The molecule has 0 aliphatic rings. The quantitative estimate of drug-likeness (QED) is 0.733. The summed E-state index contributed by atoms with van der Waals surface area (Å²) in [5.74, 6) is 1.75. The normalized spacial score (nSPS) is 9.71. The molecule has 0 N–H and O–H groups in total. The van der Waals surface area contributed by atoms with Gasteiger partial charge in [-0.3, -0.25) is 0 Å². The third-order valence-electron chi connectivity index (χ3n) is 2.35. The molecule has 0 aliphatic heterocycles. The van der Waals surface area contributed by atoms with Crippen molar-refractivity contribution >= 4 is 6.08 Å². The maximum atomic E-state index is 5.32. The first kappa shape index (κ1) is 10.6. The largest absolute Gasteiger partial charge is 0.496 e. The monoisotopic (exact) mass is 192 g/mol. The molecule has 76 valence electrons. The SMILES string of the molecule is C=Cc1c(C)c(OC)cc(C)c1OC.